The number of carbonyl (C=O) groups excluding carboxylic acids is 1. The average Bonchev–Trinajstić information content (AvgIpc) is 2.88. The number of nitrogens with zero attached hydrogens (tertiary/aromatic N) is 5. The van der Waals surface area contributed by atoms with E-state index >= 15 is 0 Å². The van der Waals surface area contributed by atoms with Crippen molar-refractivity contribution in [3.05, 3.63) is 30.6 Å². The van der Waals surface area contributed by atoms with Crippen molar-refractivity contribution in [1.29, 1.82) is 0 Å². The molecule has 0 bridgehead atoms. The predicted octanol–water partition coefficient (Wildman–Crippen LogP) is 2.38. The summed E-state index contributed by atoms with van der Waals surface area (Å²) in [7, 11) is 5.79. The molecule has 2 aromatic rings. The number of pyridine rings is 1. The quantitative estimate of drug-likeness (QED) is 0.878. The Morgan fingerprint density at radius 3 is 2.73 bits per heavy atom. The molecule has 8 nitrogen and oxygen atoms in total. The molecule has 1 aliphatic rings. The van der Waals surface area contributed by atoms with E-state index in [9.17, 15) is 4.79 Å². The van der Waals surface area contributed by atoms with Crippen molar-refractivity contribution in [3.8, 4) is 0 Å². The smallest absolute Gasteiger partial charge is 0.323 e. The third-order valence-corrected chi connectivity index (χ3v) is 4.54. The number of aryl methyl sites for hydroxylation is 1. The van der Waals surface area contributed by atoms with Crippen molar-refractivity contribution in [1.82, 2.24) is 19.7 Å². The fourth-order valence-corrected chi connectivity index (χ4v) is 3.09. The van der Waals surface area contributed by atoms with Crippen molar-refractivity contribution in [3.63, 3.8) is 0 Å². The van der Waals surface area contributed by atoms with Crippen LogP contribution in [0.3, 0.4) is 0 Å². The van der Waals surface area contributed by atoms with E-state index in [0.717, 1.165) is 43.9 Å². The van der Waals surface area contributed by atoms with Crippen molar-refractivity contribution in [2.45, 2.75) is 25.3 Å². The van der Waals surface area contributed by atoms with E-state index in [1.807, 2.05) is 49.4 Å². The molecule has 1 saturated heterocycles. The number of amides is 2. The number of anilines is 3. The lowest BCUT2D eigenvalue weighted by atomic mass is 10.1. The molecular weight excluding hydrogens is 330 g/mol. The second-order valence-corrected chi connectivity index (χ2v) is 6.86. The zero-order valence-corrected chi connectivity index (χ0v) is 15.6. The molecule has 0 saturated carbocycles. The summed E-state index contributed by atoms with van der Waals surface area (Å²) in [6.07, 6.45) is 6.59. The van der Waals surface area contributed by atoms with Crippen molar-refractivity contribution >= 4 is 23.4 Å². The van der Waals surface area contributed by atoms with Crippen molar-refractivity contribution in [2.24, 2.45) is 7.05 Å². The summed E-state index contributed by atoms with van der Waals surface area (Å²) < 4.78 is 1.67. The maximum atomic E-state index is 12.4. The minimum atomic E-state index is -0.0821. The Hall–Kier alpha value is -2.77. The number of hydrogen-bond donors (Lipinski definition) is 2. The molecule has 1 atom stereocenters. The summed E-state index contributed by atoms with van der Waals surface area (Å²) in [5, 5.41) is 10.6. The molecule has 3 rings (SSSR count). The molecule has 8 heteroatoms. The van der Waals surface area contributed by atoms with E-state index in [1.54, 1.807) is 10.7 Å². The molecule has 0 aromatic carbocycles. The number of rotatable bonds is 4. The number of urea groups is 1. The maximum Gasteiger partial charge on any atom is 0.323 e. The Morgan fingerprint density at radius 1 is 1.23 bits per heavy atom. The number of nitrogens with one attached hydrogen (secondary N) is 2. The zero-order valence-electron chi connectivity index (χ0n) is 15.6. The molecule has 2 N–H and O–H groups in total. The first-order valence-corrected chi connectivity index (χ1v) is 8.97. The van der Waals surface area contributed by atoms with Gasteiger partial charge in [-0.25, -0.2) is 9.78 Å². The predicted molar refractivity (Wildman–Crippen MR) is 104 cm³/mol. The topological polar surface area (TPSA) is 78.3 Å². The van der Waals surface area contributed by atoms with Crippen LogP contribution in [0.4, 0.5) is 22.1 Å². The number of likely N-dealkylation sites (tertiary alicyclic amines) is 1. The normalized spacial score (nSPS) is 17.5. The lowest BCUT2D eigenvalue weighted by molar-refractivity contribution is 0.213. The highest BCUT2D eigenvalue weighted by molar-refractivity contribution is 5.88. The monoisotopic (exact) mass is 357 g/mol. The number of aromatic nitrogens is 3. The second kappa shape index (κ2) is 8.07. The molecule has 2 aromatic heterocycles. The Labute approximate surface area is 154 Å². The van der Waals surface area contributed by atoms with Crippen molar-refractivity contribution in [2.75, 3.05) is 42.7 Å². The van der Waals surface area contributed by atoms with Crippen LogP contribution in [0.1, 0.15) is 19.3 Å². The fraction of sp³-hybridized carbons (Fsp3) is 0.500. The second-order valence-electron chi connectivity index (χ2n) is 6.86. The van der Waals surface area contributed by atoms with Gasteiger partial charge in [-0.05, 0) is 31.4 Å². The van der Waals surface area contributed by atoms with Gasteiger partial charge in [-0.3, -0.25) is 10.00 Å². The van der Waals surface area contributed by atoms with Crippen molar-refractivity contribution < 1.29 is 4.79 Å². The van der Waals surface area contributed by atoms with Crippen LogP contribution in [-0.4, -0.2) is 58.9 Å². The average molecular weight is 357 g/mol. The minimum absolute atomic E-state index is 0.0821. The van der Waals surface area contributed by atoms with Gasteiger partial charge in [0.05, 0.1) is 11.9 Å². The third kappa shape index (κ3) is 4.65. The van der Waals surface area contributed by atoms with Crippen LogP contribution in [-0.2, 0) is 7.05 Å². The van der Waals surface area contributed by atoms with Gasteiger partial charge in [0, 0.05) is 52.5 Å². The van der Waals surface area contributed by atoms with Crippen LogP contribution in [0.2, 0.25) is 0 Å². The van der Waals surface area contributed by atoms with E-state index in [0.29, 0.717) is 11.9 Å². The molecule has 2 amide bonds. The molecule has 3 heterocycles. The van der Waals surface area contributed by atoms with Crippen LogP contribution < -0.4 is 15.5 Å². The molecule has 26 heavy (non-hydrogen) atoms. The largest absolute Gasteiger partial charge is 0.381 e. The summed E-state index contributed by atoms with van der Waals surface area (Å²) in [5.74, 6) is 1.53. The summed E-state index contributed by atoms with van der Waals surface area (Å²) in [6, 6.07) is 6.12. The first kappa shape index (κ1) is 18.0. The van der Waals surface area contributed by atoms with Gasteiger partial charge in [0.1, 0.15) is 5.82 Å². The lowest BCUT2D eigenvalue weighted by Gasteiger charge is -2.21. The molecule has 0 aliphatic carbocycles. The van der Waals surface area contributed by atoms with E-state index in [4.69, 9.17) is 0 Å². The highest BCUT2D eigenvalue weighted by atomic mass is 16.2. The van der Waals surface area contributed by atoms with Crippen LogP contribution in [0.15, 0.2) is 30.6 Å². The Morgan fingerprint density at radius 2 is 2.08 bits per heavy atom. The van der Waals surface area contributed by atoms with Crippen LogP contribution in [0.25, 0.3) is 0 Å². The lowest BCUT2D eigenvalue weighted by Crippen LogP contribution is -2.36. The SMILES string of the molecule is CN(C)c1ccc(N[C@H]2CCCN(C(=O)Nc3ccn(C)n3)CC2)cn1. The van der Waals surface area contributed by atoms with E-state index < -0.39 is 0 Å². The molecular formula is C18H27N7O. The first-order chi connectivity index (χ1) is 12.5. The highest BCUT2D eigenvalue weighted by Crippen LogP contribution is 2.18. The minimum Gasteiger partial charge on any atom is -0.381 e. The third-order valence-electron chi connectivity index (χ3n) is 4.54. The Kier molecular flexibility index (Phi) is 5.60. The summed E-state index contributed by atoms with van der Waals surface area (Å²) >= 11 is 0. The van der Waals surface area contributed by atoms with Gasteiger partial charge < -0.3 is 15.1 Å². The summed E-state index contributed by atoms with van der Waals surface area (Å²) in [5.41, 5.74) is 1.02. The van der Waals surface area contributed by atoms with Crippen LogP contribution >= 0.6 is 0 Å². The molecule has 0 radical (unpaired) electrons. The maximum absolute atomic E-state index is 12.4. The molecule has 140 valence electrons. The van der Waals surface area contributed by atoms with Crippen LogP contribution in [0.5, 0.6) is 0 Å². The standard InChI is InChI=1S/C18H27N7O/c1-23(2)17-7-6-15(13-19-17)20-14-5-4-10-25(12-8-14)18(26)21-16-9-11-24(3)22-16/h6-7,9,11,13-14,20H,4-5,8,10,12H2,1-3H3,(H,21,22,26)/t14-/m0/s1. The van der Waals surface area contributed by atoms with E-state index in [1.165, 1.54) is 0 Å². The van der Waals surface area contributed by atoms with Gasteiger partial charge in [-0.1, -0.05) is 0 Å². The molecule has 1 aliphatic heterocycles. The Balaban J connectivity index is 1.52. The zero-order chi connectivity index (χ0) is 18.5. The Bertz CT molecular complexity index is 725. The summed E-state index contributed by atoms with van der Waals surface area (Å²) in [4.78, 5) is 20.7. The summed E-state index contributed by atoms with van der Waals surface area (Å²) in [6.45, 7) is 1.48. The molecule has 0 unspecified atom stereocenters. The molecule has 0 spiro atoms. The van der Waals surface area contributed by atoms with E-state index in [-0.39, 0.29) is 6.03 Å². The highest BCUT2D eigenvalue weighted by Gasteiger charge is 2.21. The van der Waals surface area contributed by atoms with Gasteiger partial charge in [-0.2, -0.15) is 5.10 Å². The fourth-order valence-electron chi connectivity index (χ4n) is 3.09. The van der Waals surface area contributed by atoms with Crippen LogP contribution in [0, 0.1) is 0 Å². The number of hydrogen-bond acceptors (Lipinski definition) is 5. The van der Waals surface area contributed by atoms with E-state index in [2.05, 4.69) is 26.8 Å². The van der Waals surface area contributed by atoms with Gasteiger partial charge >= 0.3 is 6.03 Å². The number of carbonyl (C=O) groups is 1. The van der Waals surface area contributed by atoms with Gasteiger partial charge in [0.25, 0.3) is 0 Å². The van der Waals surface area contributed by atoms with Gasteiger partial charge in [0.15, 0.2) is 5.82 Å². The first-order valence-electron chi connectivity index (χ1n) is 8.97. The van der Waals surface area contributed by atoms with Gasteiger partial charge in [-0.15, -0.1) is 0 Å². The molecule has 1 fully saturated rings. The van der Waals surface area contributed by atoms with Gasteiger partial charge in [0.2, 0.25) is 0 Å².